The minimum atomic E-state index is -0.279. The van der Waals surface area contributed by atoms with Gasteiger partial charge in [0.15, 0.2) is 5.17 Å². The summed E-state index contributed by atoms with van der Waals surface area (Å²) in [6.07, 6.45) is 1.84. The largest absolute Gasteiger partial charge is 0.378 e. The van der Waals surface area contributed by atoms with Gasteiger partial charge in [-0.05, 0) is 67.6 Å². The van der Waals surface area contributed by atoms with Crippen LogP contribution in [-0.4, -0.2) is 15.6 Å². The number of aryl methyl sites for hydroxylation is 1. The number of aliphatic imine (C=N–C) groups is 1. The molecular weight excluding hydrogens is 318 g/mol. The third-order valence-corrected chi connectivity index (χ3v) is 4.54. The molecule has 0 bridgehead atoms. The van der Waals surface area contributed by atoms with Gasteiger partial charge in [-0.3, -0.25) is 4.79 Å². The van der Waals surface area contributed by atoms with Crippen molar-refractivity contribution in [2.24, 2.45) is 10.7 Å². The van der Waals surface area contributed by atoms with E-state index in [-0.39, 0.29) is 5.91 Å². The summed E-state index contributed by atoms with van der Waals surface area (Å²) in [6, 6.07) is 9.70. The Kier molecular flexibility index (Phi) is 3.85. The van der Waals surface area contributed by atoms with Crippen molar-refractivity contribution in [1.29, 1.82) is 0 Å². The Labute approximate surface area is 137 Å². The minimum Gasteiger partial charge on any atom is -0.378 e. The number of carbonyl (C=O) groups is 1. The Morgan fingerprint density at radius 2 is 1.95 bits per heavy atom. The lowest BCUT2D eigenvalue weighted by molar-refractivity contribution is -0.113. The van der Waals surface area contributed by atoms with Gasteiger partial charge in [0.2, 0.25) is 0 Å². The van der Waals surface area contributed by atoms with Crippen LogP contribution in [0.25, 0.3) is 11.8 Å². The Morgan fingerprint density at radius 3 is 2.55 bits per heavy atom. The van der Waals surface area contributed by atoms with Gasteiger partial charge >= 0.3 is 0 Å². The molecule has 1 amide bonds. The average molecular weight is 332 g/mol. The van der Waals surface area contributed by atoms with Gasteiger partial charge in [-0.25, -0.2) is 0 Å². The van der Waals surface area contributed by atoms with Crippen molar-refractivity contribution < 1.29 is 4.79 Å². The van der Waals surface area contributed by atoms with Crippen molar-refractivity contribution in [3.63, 3.8) is 0 Å². The molecule has 0 unspecified atom stereocenters. The van der Waals surface area contributed by atoms with Crippen LogP contribution in [0.5, 0.6) is 0 Å². The van der Waals surface area contributed by atoms with E-state index in [2.05, 4.69) is 9.56 Å². The van der Waals surface area contributed by atoms with Gasteiger partial charge in [-0.2, -0.15) is 4.99 Å². The molecule has 6 heteroatoms. The van der Waals surface area contributed by atoms with Crippen molar-refractivity contribution in [3.8, 4) is 5.69 Å². The monoisotopic (exact) mass is 331 g/mol. The number of halogens is 1. The molecule has 1 aromatic carbocycles. The fraction of sp³-hybridized carbons (Fsp3) is 0.125. The first-order valence-corrected chi connectivity index (χ1v) is 7.88. The lowest BCUT2D eigenvalue weighted by Gasteiger charge is -2.09. The summed E-state index contributed by atoms with van der Waals surface area (Å²) >= 11 is 7.15. The summed E-state index contributed by atoms with van der Waals surface area (Å²) < 4.78 is 2.12. The zero-order chi connectivity index (χ0) is 15.9. The summed E-state index contributed by atoms with van der Waals surface area (Å²) in [4.78, 5) is 16.0. The molecule has 0 saturated heterocycles. The van der Waals surface area contributed by atoms with Crippen LogP contribution in [0.3, 0.4) is 0 Å². The summed E-state index contributed by atoms with van der Waals surface area (Å²) in [5.74, 6) is -0.279. The molecule has 3 rings (SSSR count). The smallest absolute Gasteiger partial charge is 0.286 e. The predicted octanol–water partition coefficient (Wildman–Crippen LogP) is 3.68. The van der Waals surface area contributed by atoms with Gasteiger partial charge in [-0.15, -0.1) is 0 Å². The van der Waals surface area contributed by atoms with Crippen LogP contribution in [0.15, 0.2) is 40.2 Å². The Balaban J connectivity index is 2.03. The Bertz CT molecular complexity index is 819. The van der Waals surface area contributed by atoms with E-state index in [1.807, 2.05) is 50.3 Å². The Morgan fingerprint density at radius 1 is 1.27 bits per heavy atom. The quantitative estimate of drug-likeness (QED) is 0.854. The fourth-order valence-corrected chi connectivity index (χ4v) is 3.29. The van der Waals surface area contributed by atoms with Gasteiger partial charge in [0, 0.05) is 22.1 Å². The van der Waals surface area contributed by atoms with E-state index in [1.165, 1.54) is 11.8 Å². The number of thioether (sulfide) groups is 1. The molecule has 0 fully saturated rings. The molecule has 2 N–H and O–H groups in total. The van der Waals surface area contributed by atoms with Crippen molar-refractivity contribution in [1.82, 2.24) is 4.57 Å². The third-order valence-electron chi connectivity index (χ3n) is 3.48. The first kappa shape index (κ1) is 14.9. The van der Waals surface area contributed by atoms with E-state index < -0.39 is 0 Å². The molecule has 1 aliphatic rings. The molecule has 2 aromatic rings. The summed E-state index contributed by atoms with van der Waals surface area (Å²) in [5, 5.41) is 0.997. The molecule has 0 aliphatic carbocycles. The number of nitrogens with two attached hydrogens (primary N) is 1. The molecular formula is C16H14ClN3OS. The number of amides is 1. The first-order chi connectivity index (χ1) is 10.5. The molecule has 1 aliphatic heterocycles. The summed E-state index contributed by atoms with van der Waals surface area (Å²) in [5.41, 5.74) is 9.72. The van der Waals surface area contributed by atoms with Crippen molar-refractivity contribution in [2.45, 2.75) is 13.8 Å². The van der Waals surface area contributed by atoms with Crippen LogP contribution in [0.2, 0.25) is 5.02 Å². The standard InChI is InChI=1S/C16H14ClN3OS/c1-9-7-11(8-14-15(21)19-16(18)22-14)10(2)20(9)13-5-3-12(17)4-6-13/h3-8H,1-2H3,(H2,18,19,21)/b14-8+. The molecule has 22 heavy (non-hydrogen) atoms. The lowest BCUT2D eigenvalue weighted by Crippen LogP contribution is -2.01. The maximum Gasteiger partial charge on any atom is 0.286 e. The molecule has 0 spiro atoms. The van der Waals surface area contributed by atoms with Crippen molar-refractivity contribution in [2.75, 3.05) is 0 Å². The molecule has 1 aromatic heterocycles. The number of hydrogen-bond acceptors (Lipinski definition) is 3. The third kappa shape index (κ3) is 2.69. The summed E-state index contributed by atoms with van der Waals surface area (Å²) in [6.45, 7) is 4.04. The molecule has 2 heterocycles. The van der Waals surface area contributed by atoms with E-state index >= 15 is 0 Å². The van der Waals surface area contributed by atoms with Crippen LogP contribution in [0.1, 0.15) is 17.0 Å². The average Bonchev–Trinajstić information content (AvgIpc) is 2.92. The second kappa shape index (κ2) is 5.66. The first-order valence-electron chi connectivity index (χ1n) is 6.68. The molecule has 4 nitrogen and oxygen atoms in total. The predicted molar refractivity (Wildman–Crippen MR) is 92.5 cm³/mol. The normalized spacial score (nSPS) is 16.4. The van der Waals surface area contributed by atoms with Crippen molar-refractivity contribution in [3.05, 3.63) is 57.2 Å². The second-order valence-corrected chi connectivity index (χ2v) is 6.50. The van der Waals surface area contributed by atoms with Crippen LogP contribution in [-0.2, 0) is 4.79 Å². The number of nitrogens with zero attached hydrogens (tertiary/aromatic N) is 2. The minimum absolute atomic E-state index is 0.279. The number of hydrogen-bond donors (Lipinski definition) is 1. The maximum atomic E-state index is 11.7. The van der Waals surface area contributed by atoms with Crippen LogP contribution in [0, 0.1) is 13.8 Å². The van der Waals surface area contributed by atoms with Crippen LogP contribution >= 0.6 is 23.4 Å². The van der Waals surface area contributed by atoms with E-state index in [0.29, 0.717) is 15.1 Å². The van der Waals surface area contributed by atoms with E-state index in [0.717, 1.165) is 22.6 Å². The molecule has 0 radical (unpaired) electrons. The fourth-order valence-electron chi connectivity index (χ4n) is 2.49. The van der Waals surface area contributed by atoms with E-state index in [9.17, 15) is 4.79 Å². The van der Waals surface area contributed by atoms with Crippen LogP contribution in [0.4, 0.5) is 0 Å². The zero-order valence-electron chi connectivity index (χ0n) is 12.1. The van der Waals surface area contributed by atoms with Crippen LogP contribution < -0.4 is 5.73 Å². The number of benzene rings is 1. The molecule has 112 valence electrons. The highest BCUT2D eigenvalue weighted by Crippen LogP contribution is 2.29. The van der Waals surface area contributed by atoms with E-state index in [1.54, 1.807) is 0 Å². The highest BCUT2D eigenvalue weighted by molar-refractivity contribution is 8.18. The number of amidine groups is 1. The number of carbonyl (C=O) groups excluding carboxylic acids is 1. The zero-order valence-corrected chi connectivity index (χ0v) is 13.7. The van der Waals surface area contributed by atoms with Crippen molar-refractivity contribution >= 4 is 40.5 Å². The topological polar surface area (TPSA) is 60.4 Å². The molecule has 0 saturated carbocycles. The maximum absolute atomic E-state index is 11.7. The Hall–Kier alpha value is -1.98. The molecule has 0 atom stereocenters. The van der Waals surface area contributed by atoms with Gasteiger partial charge in [0.05, 0.1) is 4.91 Å². The SMILES string of the molecule is Cc1cc(/C=C2/SC(N)=NC2=O)c(C)n1-c1ccc(Cl)cc1. The van der Waals surface area contributed by atoms with Gasteiger partial charge in [-0.1, -0.05) is 11.6 Å². The second-order valence-electron chi connectivity index (χ2n) is 5.00. The van der Waals surface area contributed by atoms with Gasteiger partial charge in [0.1, 0.15) is 0 Å². The number of aromatic nitrogens is 1. The van der Waals surface area contributed by atoms with E-state index in [4.69, 9.17) is 17.3 Å². The lowest BCUT2D eigenvalue weighted by atomic mass is 10.2. The highest BCUT2D eigenvalue weighted by Gasteiger charge is 2.20. The van der Waals surface area contributed by atoms with Gasteiger partial charge < -0.3 is 10.3 Å². The highest BCUT2D eigenvalue weighted by atomic mass is 35.5. The summed E-state index contributed by atoms with van der Waals surface area (Å²) in [7, 11) is 0. The van der Waals surface area contributed by atoms with Gasteiger partial charge in [0.25, 0.3) is 5.91 Å². The number of rotatable bonds is 2.